The molecule has 0 saturated carbocycles. The van der Waals surface area contributed by atoms with Crippen molar-refractivity contribution in [2.24, 2.45) is 0 Å². The number of hydrogen-bond donors (Lipinski definition) is 1. The van der Waals surface area contributed by atoms with Gasteiger partial charge < -0.3 is 24.2 Å². The SMILES string of the molecule is CO[C@@]1(C(=O)O)CN(C(=O)OC(C)(C)C)CCCCO1. The van der Waals surface area contributed by atoms with E-state index in [1.807, 2.05) is 0 Å². The van der Waals surface area contributed by atoms with Crippen molar-refractivity contribution in [2.75, 3.05) is 26.8 Å². The molecule has 1 fully saturated rings. The topological polar surface area (TPSA) is 85.3 Å². The molecule has 1 heterocycles. The summed E-state index contributed by atoms with van der Waals surface area (Å²) >= 11 is 0. The van der Waals surface area contributed by atoms with Crippen LogP contribution in [0.5, 0.6) is 0 Å². The van der Waals surface area contributed by atoms with Crippen molar-refractivity contribution in [1.29, 1.82) is 0 Å². The third kappa shape index (κ3) is 4.35. The Bertz CT molecular complexity index is 364. The number of aliphatic carboxylic acids is 1. The predicted molar refractivity (Wildman–Crippen MR) is 70.4 cm³/mol. The average Bonchev–Trinajstić information content (AvgIpc) is 2.26. The number of carbonyl (C=O) groups is 2. The molecule has 1 aliphatic rings. The smallest absolute Gasteiger partial charge is 0.410 e. The van der Waals surface area contributed by atoms with Gasteiger partial charge in [0.2, 0.25) is 0 Å². The van der Waals surface area contributed by atoms with Crippen molar-refractivity contribution in [3.63, 3.8) is 0 Å². The number of carbonyl (C=O) groups excluding carboxylic acids is 1. The van der Waals surface area contributed by atoms with E-state index in [1.54, 1.807) is 20.8 Å². The van der Waals surface area contributed by atoms with Gasteiger partial charge in [-0.25, -0.2) is 9.59 Å². The number of nitrogens with zero attached hydrogens (tertiary/aromatic N) is 1. The zero-order valence-electron chi connectivity index (χ0n) is 12.5. The maximum Gasteiger partial charge on any atom is 0.410 e. The second kappa shape index (κ2) is 6.41. The highest BCUT2D eigenvalue weighted by Gasteiger charge is 2.44. The van der Waals surface area contributed by atoms with E-state index in [9.17, 15) is 14.7 Å². The molecule has 7 heteroatoms. The molecule has 0 aromatic rings. The van der Waals surface area contributed by atoms with Crippen LogP contribution in [-0.2, 0) is 19.0 Å². The van der Waals surface area contributed by atoms with E-state index in [0.717, 1.165) is 6.42 Å². The fourth-order valence-electron chi connectivity index (χ4n) is 1.84. The number of ether oxygens (including phenoxy) is 3. The summed E-state index contributed by atoms with van der Waals surface area (Å²) < 4.78 is 15.6. The van der Waals surface area contributed by atoms with Gasteiger partial charge in [0.05, 0.1) is 13.2 Å². The van der Waals surface area contributed by atoms with Gasteiger partial charge in [-0.05, 0) is 33.6 Å². The summed E-state index contributed by atoms with van der Waals surface area (Å²) in [6.07, 6.45) is 0.807. The molecule has 0 aromatic heterocycles. The van der Waals surface area contributed by atoms with Crippen molar-refractivity contribution in [2.45, 2.75) is 45.0 Å². The van der Waals surface area contributed by atoms with Crippen LogP contribution in [0.15, 0.2) is 0 Å². The van der Waals surface area contributed by atoms with Crippen molar-refractivity contribution >= 4 is 12.1 Å². The Labute approximate surface area is 118 Å². The molecule has 1 N–H and O–H groups in total. The summed E-state index contributed by atoms with van der Waals surface area (Å²) in [6.45, 7) is 5.76. The third-order valence-corrected chi connectivity index (χ3v) is 2.86. The van der Waals surface area contributed by atoms with Crippen LogP contribution in [0, 0.1) is 0 Å². The lowest BCUT2D eigenvalue weighted by Crippen LogP contribution is -2.55. The lowest BCUT2D eigenvalue weighted by atomic mass is 10.2. The first-order valence-corrected chi connectivity index (χ1v) is 6.60. The Morgan fingerprint density at radius 2 is 1.95 bits per heavy atom. The summed E-state index contributed by atoms with van der Waals surface area (Å²) in [4.78, 5) is 24.8. The highest BCUT2D eigenvalue weighted by molar-refractivity contribution is 5.77. The molecule has 0 aromatic carbocycles. The summed E-state index contributed by atoms with van der Waals surface area (Å²) in [5.74, 6) is -3.09. The normalized spacial score (nSPS) is 24.7. The maximum absolute atomic E-state index is 12.1. The Hall–Kier alpha value is -1.34. The number of hydrogen-bond acceptors (Lipinski definition) is 5. The van der Waals surface area contributed by atoms with E-state index in [1.165, 1.54) is 12.0 Å². The van der Waals surface area contributed by atoms with Gasteiger partial charge in [-0.2, -0.15) is 0 Å². The summed E-state index contributed by atoms with van der Waals surface area (Å²) in [5, 5.41) is 9.31. The van der Waals surface area contributed by atoms with Crippen LogP contribution in [-0.4, -0.2) is 60.3 Å². The first-order valence-electron chi connectivity index (χ1n) is 6.60. The van der Waals surface area contributed by atoms with E-state index in [0.29, 0.717) is 13.0 Å². The molecule has 0 bridgehead atoms. The second-order valence-electron chi connectivity index (χ2n) is 5.72. The average molecular weight is 289 g/mol. The van der Waals surface area contributed by atoms with Crippen molar-refractivity contribution in [1.82, 2.24) is 4.90 Å². The van der Waals surface area contributed by atoms with Gasteiger partial charge in [0.25, 0.3) is 5.79 Å². The van der Waals surface area contributed by atoms with Crippen LogP contribution in [0.4, 0.5) is 4.79 Å². The molecular formula is C13H23NO6. The molecule has 1 aliphatic heterocycles. The molecular weight excluding hydrogens is 266 g/mol. The van der Waals surface area contributed by atoms with E-state index < -0.39 is 23.5 Å². The summed E-state index contributed by atoms with van der Waals surface area (Å²) in [5.41, 5.74) is -0.640. The van der Waals surface area contributed by atoms with Crippen LogP contribution in [0.1, 0.15) is 33.6 Å². The van der Waals surface area contributed by atoms with Crippen LogP contribution in [0.25, 0.3) is 0 Å². The largest absolute Gasteiger partial charge is 0.477 e. The Balaban J connectivity index is 2.88. The third-order valence-electron chi connectivity index (χ3n) is 2.86. The standard InChI is InChI=1S/C13H23NO6/c1-12(2,3)20-11(17)14-7-5-6-8-19-13(9-14,18-4)10(15)16/h5-9H2,1-4H3,(H,15,16)/t13-/m0/s1. The molecule has 20 heavy (non-hydrogen) atoms. The monoisotopic (exact) mass is 289 g/mol. The fraction of sp³-hybridized carbons (Fsp3) is 0.846. The van der Waals surface area contributed by atoms with Gasteiger partial charge in [0.1, 0.15) is 5.60 Å². The van der Waals surface area contributed by atoms with Gasteiger partial charge in [-0.1, -0.05) is 0 Å². The summed E-state index contributed by atoms with van der Waals surface area (Å²) in [6, 6.07) is 0. The van der Waals surface area contributed by atoms with Crippen LogP contribution < -0.4 is 0 Å². The molecule has 1 saturated heterocycles. The number of methoxy groups -OCH3 is 1. The lowest BCUT2D eigenvalue weighted by Gasteiger charge is -2.36. The maximum atomic E-state index is 12.1. The molecule has 1 rings (SSSR count). The molecule has 0 aliphatic carbocycles. The Morgan fingerprint density at radius 1 is 1.30 bits per heavy atom. The van der Waals surface area contributed by atoms with Crippen molar-refractivity contribution < 1.29 is 28.9 Å². The van der Waals surface area contributed by atoms with Crippen LogP contribution >= 0.6 is 0 Å². The first-order chi connectivity index (χ1) is 9.20. The molecule has 1 atom stereocenters. The Kier molecular flexibility index (Phi) is 5.35. The molecule has 1 amide bonds. The van der Waals surface area contributed by atoms with Crippen LogP contribution in [0.2, 0.25) is 0 Å². The molecule has 0 spiro atoms. The fourth-order valence-corrected chi connectivity index (χ4v) is 1.84. The summed E-state index contributed by atoms with van der Waals surface area (Å²) in [7, 11) is 1.25. The van der Waals surface area contributed by atoms with Gasteiger partial charge >= 0.3 is 12.1 Å². The minimum atomic E-state index is -1.84. The quantitative estimate of drug-likeness (QED) is 0.828. The number of carboxylic acid groups (broad SMARTS) is 1. The first kappa shape index (κ1) is 16.7. The number of carboxylic acids is 1. The van der Waals surface area contributed by atoms with Gasteiger partial charge in [0.15, 0.2) is 0 Å². The molecule has 7 nitrogen and oxygen atoms in total. The van der Waals surface area contributed by atoms with E-state index in [4.69, 9.17) is 14.2 Å². The van der Waals surface area contributed by atoms with Crippen molar-refractivity contribution in [3.8, 4) is 0 Å². The van der Waals surface area contributed by atoms with Crippen LogP contribution in [0.3, 0.4) is 0 Å². The van der Waals surface area contributed by atoms with Gasteiger partial charge in [-0.3, -0.25) is 0 Å². The Morgan fingerprint density at radius 3 is 2.45 bits per heavy atom. The van der Waals surface area contributed by atoms with E-state index >= 15 is 0 Å². The minimum absolute atomic E-state index is 0.201. The van der Waals surface area contributed by atoms with E-state index in [2.05, 4.69) is 0 Å². The zero-order chi connectivity index (χ0) is 15.4. The zero-order valence-corrected chi connectivity index (χ0v) is 12.5. The molecule has 0 unspecified atom stereocenters. The molecule has 116 valence electrons. The number of amides is 1. The number of rotatable bonds is 2. The highest BCUT2D eigenvalue weighted by atomic mass is 16.7. The van der Waals surface area contributed by atoms with Gasteiger partial charge in [-0.15, -0.1) is 0 Å². The van der Waals surface area contributed by atoms with Gasteiger partial charge in [0, 0.05) is 13.7 Å². The lowest BCUT2D eigenvalue weighted by molar-refractivity contribution is -0.242. The second-order valence-corrected chi connectivity index (χ2v) is 5.72. The van der Waals surface area contributed by atoms with Crippen molar-refractivity contribution in [3.05, 3.63) is 0 Å². The minimum Gasteiger partial charge on any atom is -0.477 e. The molecule has 0 radical (unpaired) electrons. The highest BCUT2D eigenvalue weighted by Crippen LogP contribution is 2.21. The predicted octanol–water partition coefficient (Wildman–Crippen LogP) is 1.46. The van der Waals surface area contributed by atoms with E-state index in [-0.39, 0.29) is 13.2 Å².